The zero-order chi connectivity index (χ0) is 12.1. The highest BCUT2D eigenvalue weighted by atomic mass is 32.2. The summed E-state index contributed by atoms with van der Waals surface area (Å²) in [6, 6.07) is 3.69. The normalized spacial score (nSPS) is 19.7. The standard InChI is InChI=1S/C11H16N4OS/c12-15-10-4-3-8(6-13-10)11(16)14-9-2-1-5-17-7-9/h3-4,6,9H,1-2,5,7,12H2,(H,13,15)(H,14,16). The van der Waals surface area contributed by atoms with Crippen molar-refractivity contribution in [2.75, 3.05) is 16.9 Å². The summed E-state index contributed by atoms with van der Waals surface area (Å²) in [5.41, 5.74) is 3.00. The SMILES string of the molecule is NNc1ccc(C(=O)NC2CCCSC2)cn1. The monoisotopic (exact) mass is 252 g/mol. The van der Waals surface area contributed by atoms with Gasteiger partial charge in [-0.1, -0.05) is 0 Å². The lowest BCUT2D eigenvalue weighted by Gasteiger charge is -2.22. The van der Waals surface area contributed by atoms with Crippen LogP contribution in [0.25, 0.3) is 0 Å². The van der Waals surface area contributed by atoms with Crippen molar-refractivity contribution >= 4 is 23.5 Å². The molecule has 4 N–H and O–H groups in total. The predicted molar refractivity (Wildman–Crippen MR) is 69.9 cm³/mol. The summed E-state index contributed by atoms with van der Waals surface area (Å²) in [7, 11) is 0. The number of nitrogen functional groups attached to an aromatic ring is 1. The number of thioether (sulfide) groups is 1. The van der Waals surface area contributed by atoms with Crippen molar-refractivity contribution in [1.82, 2.24) is 10.3 Å². The molecule has 1 aromatic rings. The number of rotatable bonds is 3. The Morgan fingerprint density at radius 3 is 3.00 bits per heavy atom. The Kier molecular flexibility index (Phi) is 4.22. The molecule has 1 amide bonds. The highest BCUT2D eigenvalue weighted by molar-refractivity contribution is 7.99. The van der Waals surface area contributed by atoms with E-state index in [4.69, 9.17) is 5.84 Å². The van der Waals surface area contributed by atoms with E-state index in [0.29, 0.717) is 11.4 Å². The first-order chi connectivity index (χ1) is 8.29. The van der Waals surface area contributed by atoms with Gasteiger partial charge in [-0.15, -0.1) is 0 Å². The molecule has 5 nitrogen and oxygen atoms in total. The highest BCUT2D eigenvalue weighted by Crippen LogP contribution is 2.17. The molecule has 1 fully saturated rings. The van der Waals surface area contributed by atoms with Gasteiger partial charge in [0.05, 0.1) is 5.56 Å². The number of carbonyl (C=O) groups is 1. The molecule has 1 aliphatic heterocycles. The second kappa shape index (κ2) is 5.88. The van der Waals surface area contributed by atoms with Gasteiger partial charge >= 0.3 is 0 Å². The fourth-order valence-corrected chi connectivity index (χ4v) is 2.81. The minimum Gasteiger partial charge on any atom is -0.348 e. The van der Waals surface area contributed by atoms with E-state index >= 15 is 0 Å². The molecule has 2 heterocycles. The molecule has 0 bridgehead atoms. The zero-order valence-electron chi connectivity index (χ0n) is 9.48. The van der Waals surface area contributed by atoms with Crippen LogP contribution in [0.1, 0.15) is 23.2 Å². The van der Waals surface area contributed by atoms with Gasteiger partial charge in [0.25, 0.3) is 5.91 Å². The third kappa shape index (κ3) is 3.34. The van der Waals surface area contributed by atoms with Crippen LogP contribution in [-0.4, -0.2) is 28.4 Å². The summed E-state index contributed by atoms with van der Waals surface area (Å²) in [6.45, 7) is 0. The first kappa shape index (κ1) is 12.2. The third-order valence-electron chi connectivity index (χ3n) is 2.67. The summed E-state index contributed by atoms with van der Waals surface area (Å²) in [5, 5.41) is 3.02. The maximum Gasteiger partial charge on any atom is 0.253 e. The number of hydrogen-bond donors (Lipinski definition) is 3. The van der Waals surface area contributed by atoms with Gasteiger partial charge in [-0.2, -0.15) is 11.8 Å². The van der Waals surface area contributed by atoms with E-state index in [1.54, 1.807) is 12.1 Å². The van der Waals surface area contributed by atoms with Crippen LogP contribution in [-0.2, 0) is 0 Å². The van der Waals surface area contributed by atoms with Gasteiger partial charge in [0, 0.05) is 18.0 Å². The lowest BCUT2D eigenvalue weighted by atomic mass is 10.1. The largest absolute Gasteiger partial charge is 0.348 e. The Labute approximate surface area is 105 Å². The first-order valence-electron chi connectivity index (χ1n) is 5.61. The van der Waals surface area contributed by atoms with E-state index in [1.807, 2.05) is 11.8 Å². The van der Waals surface area contributed by atoms with Crippen LogP contribution >= 0.6 is 11.8 Å². The van der Waals surface area contributed by atoms with E-state index < -0.39 is 0 Å². The lowest BCUT2D eigenvalue weighted by Crippen LogP contribution is -2.38. The number of hydrazine groups is 1. The van der Waals surface area contributed by atoms with Crippen LogP contribution < -0.4 is 16.6 Å². The zero-order valence-corrected chi connectivity index (χ0v) is 10.3. The summed E-state index contributed by atoms with van der Waals surface area (Å²) in [6.07, 6.45) is 3.76. The Hall–Kier alpha value is -1.27. The number of nitrogens with two attached hydrogens (primary N) is 1. The molecule has 1 aromatic heterocycles. The molecule has 1 atom stereocenters. The molecule has 0 spiro atoms. The summed E-state index contributed by atoms with van der Waals surface area (Å²) >= 11 is 1.89. The van der Waals surface area contributed by atoms with Crippen molar-refractivity contribution < 1.29 is 4.79 Å². The topological polar surface area (TPSA) is 80.0 Å². The summed E-state index contributed by atoms with van der Waals surface area (Å²) in [4.78, 5) is 15.9. The molecule has 1 unspecified atom stereocenters. The van der Waals surface area contributed by atoms with Gasteiger partial charge in [-0.05, 0) is 30.7 Å². The minimum atomic E-state index is -0.0615. The number of nitrogens with zero attached hydrogens (tertiary/aromatic N) is 1. The first-order valence-corrected chi connectivity index (χ1v) is 6.76. The van der Waals surface area contributed by atoms with Crippen LogP contribution in [0.15, 0.2) is 18.3 Å². The predicted octanol–water partition coefficient (Wildman–Crippen LogP) is 0.993. The van der Waals surface area contributed by atoms with E-state index in [0.717, 1.165) is 12.2 Å². The molecule has 6 heteroatoms. The van der Waals surface area contributed by atoms with Crippen molar-refractivity contribution in [1.29, 1.82) is 0 Å². The van der Waals surface area contributed by atoms with Crippen molar-refractivity contribution in [3.8, 4) is 0 Å². The maximum absolute atomic E-state index is 11.9. The van der Waals surface area contributed by atoms with Crippen LogP contribution in [0.2, 0.25) is 0 Å². The molecule has 0 radical (unpaired) electrons. The fourth-order valence-electron chi connectivity index (χ4n) is 1.74. The molecule has 92 valence electrons. The van der Waals surface area contributed by atoms with Gasteiger partial charge in [0.2, 0.25) is 0 Å². The summed E-state index contributed by atoms with van der Waals surface area (Å²) < 4.78 is 0. The van der Waals surface area contributed by atoms with E-state index in [-0.39, 0.29) is 11.9 Å². The minimum absolute atomic E-state index is 0.0615. The average Bonchev–Trinajstić information content (AvgIpc) is 2.40. The molecule has 1 saturated heterocycles. The Morgan fingerprint density at radius 2 is 2.41 bits per heavy atom. The van der Waals surface area contributed by atoms with E-state index in [2.05, 4.69) is 15.7 Å². The number of aromatic nitrogens is 1. The third-order valence-corrected chi connectivity index (χ3v) is 3.88. The molecule has 1 aliphatic rings. The number of amides is 1. The number of pyridine rings is 1. The van der Waals surface area contributed by atoms with Crippen molar-refractivity contribution in [2.24, 2.45) is 5.84 Å². The van der Waals surface area contributed by atoms with E-state index in [9.17, 15) is 4.79 Å². The smallest absolute Gasteiger partial charge is 0.253 e. The van der Waals surface area contributed by atoms with Gasteiger partial charge in [-0.3, -0.25) is 4.79 Å². The second-order valence-electron chi connectivity index (χ2n) is 3.96. The van der Waals surface area contributed by atoms with Crippen molar-refractivity contribution in [3.63, 3.8) is 0 Å². The fraction of sp³-hybridized carbons (Fsp3) is 0.455. The molecule has 0 aliphatic carbocycles. The number of hydrogen-bond acceptors (Lipinski definition) is 5. The van der Waals surface area contributed by atoms with Gasteiger partial charge in [0.1, 0.15) is 5.82 Å². The molecule has 17 heavy (non-hydrogen) atoms. The Morgan fingerprint density at radius 1 is 1.53 bits per heavy atom. The average molecular weight is 252 g/mol. The highest BCUT2D eigenvalue weighted by Gasteiger charge is 2.16. The number of nitrogens with one attached hydrogen (secondary N) is 2. The summed E-state index contributed by atoms with van der Waals surface area (Å²) in [5.74, 6) is 7.90. The molecule has 0 saturated carbocycles. The molecular weight excluding hydrogens is 236 g/mol. The lowest BCUT2D eigenvalue weighted by molar-refractivity contribution is 0.0938. The Balaban J connectivity index is 1.93. The maximum atomic E-state index is 11.9. The van der Waals surface area contributed by atoms with Crippen LogP contribution in [0.4, 0.5) is 5.82 Å². The quantitative estimate of drug-likeness (QED) is 0.552. The van der Waals surface area contributed by atoms with Crippen molar-refractivity contribution in [3.05, 3.63) is 23.9 Å². The second-order valence-corrected chi connectivity index (χ2v) is 5.11. The van der Waals surface area contributed by atoms with Crippen LogP contribution in [0.3, 0.4) is 0 Å². The van der Waals surface area contributed by atoms with Gasteiger partial charge < -0.3 is 10.7 Å². The van der Waals surface area contributed by atoms with Crippen LogP contribution in [0.5, 0.6) is 0 Å². The Bertz CT molecular complexity index is 376. The number of anilines is 1. The van der Waals surface area contributed by atoms with E-state index in [1.165, 1.54) is 18.4 Å². The van der Waals surface area contributed by atoms with Crippen LogP contribution in [0, 0.1) is 0 Å². The van der Waals surface area contributed by atoms with Gasteiger partial charge in [0.15, 0.2) is 0 Å². The van der Waals surface area contributed by atoms with Gasteiger partial charge in [-0.25, -0.2) is 10.8 Å². The molecule has 0 aromatic carbocycles. The molecular formula is C11H16N4OS. The number of carbonyl (C=O) groups excluding carboxylic acids is 1. The van der Waals surface area contributed by atoms with Crippen molar-refractivity contribution in [2.45, 2.75) is 18.9 Å². The molecule has 2 rings (SSSR count).